The number of hydrogen-bond donors (Lipinski definition) is 0. The van der Waals surface area contributed by atoms with E-state index in [1.165, 1.54) is 13.2 Å². The van der Waals surface area contributed by atoms with E-state index in [4.69, 9.17) is 9.47 Å². The molecule has 0 saturated carbocycles. The summed E-state index contributed by atoms with van der Waals surface area (Å²) in [6.07, 6.45) is -0.0750. The fraction of sp³-hybridized carbons (Fsp3) is 0.278. The van der Waals surface area contributed by atoms with Crippen LogP contribution in [0.4, 0.5) is 9.18 Å². The van der Waals surface area contributed by atoms with Crippen molar-refractivity contribution in [1.29, 1.82) is 0 Å². The zero-order valence-electron chi connectivity index (χ0n) is 13.4. The lowest BCUT2D eigenvalue weighted by atomic mass is 10.0. The van der Waals surface area contributed by atoms with Gasteiger partial charge in [-0.15, -0.1) is 0 Å². The number of carbonyl (C=O) groups excluding carboxylic acids is 1. The van der Waals surface area contributed by atoms with Gasteiger partial charge in [0.25, 0.3) is 0 Å². The van der Waals surface area contributed by atoms with E-state index in [-0.39, 0.29) is 12.4 Å². The molecule has 0 spiro atoms. The van der Waals surface area contributed by atoms with Crippen LogP contribution in [0.15, 0.2) is 36.4 Å². The molecule has 0 aliphatic heterocycles. The first kappa shape index (κ1) is 16.8. The third kappa shape index (κ3) is 4.22. The van der Waals surface area contributed by atoms with Gasteiger partial charge in [-0.3, -0.25) is 0 Å². The Morgan fingerprint density at radius 3 is 2.61 bits per heavy atom. The van der Waals surface area contributed by atoms with Crippen molar-refractivity contribution in [2.45, 2.75) is 26.9 Å². The first-order valence-corrected chi connectivity index (χ1v) is 7.30. The summed E-state index contributed by atoms with van der Waals surface area (Å²) >= 11 is 0. The minimum absolute atomic E-state index is 0.0936. The van der Waals surface area contributed by atoms with Gasteiger partial charge in [0.1, 0.15) is 12.4 Å². The lowest BCUT2D eigenvalue weighted by molar-refractivity contribution is 0.120. The van der Waals surface area contributed by atoms with Crippen molar-refractivity contribution < 1.29 is 23.4 Å². The van der Waals surface area contributed by atoms with Gasteiger partial charge in [0.15, 0.2) is 11.6 Å². The molecule has 0 aromatic heterocycles. The smallest absolute Gasteiger partial charge is 0.486 e. The van der Waals surface area contributed by atoms with Gasteiger partial charge in [0, 0.05) is 5.56 Å². The van der Waals surface area contributed by atoms with E-state index in [0.717, 1.165) is 17.5 Å². The van der Waals surface area contributed by atoms with Gasteiger partial charge in [0.2, 0.25) is 0 Å². The largest absolute Gasteiger partial charge is 0.513 e. The van der Waals surface area contributed by atoms with E-state index in [1.54, 1.807) is 24.3 Å². The van der Waals surface area contributed by atoms with Crippen LogP contribution >= 0.6 is 0 Å². The first-order valence-electron chi connectivity index (χ1n) is 7.30. The maximum absolute atomic E-state index is 13.9. The molecular formula is C18H19FO4. The Labute approximate surface area is 134 Å². The van der Waals surface area contributed by atoms with Crippen molar-refractivity contribution in [2.75, 3.05) is 7.11 Å². The summed E-state index contributed by atoms with van der Waals surface area (Å²) in [6, 6.07) is 10.1. The molecule has 0 heterocycles. The van der Waals surface area contributed by atoms with Crippen LogP contribution in [0, 0.1) is 12.7 Å². The van der Waals surface area contributed by atoms with Gasteiger partial charge in [-0.05, 0) is 42.7 Å². The topological polar surface area (TPSA) is 44.8 Å². The van der Waals surface area contributed by atoms with Crippen LogP contribution < -0.4 is 9.47 Å². The molecule has 0 unspecified atom stereocenters. The zero-order chi connectivity index (χ0) is 16.8. The van der Waals surface area contributed by atoms with E-state index < -0.39 is 12.0 Å². The van der Waals surface area contributed by atoms with Crippen molar-refractivity contribution in [1.82, 2.24) is 0 Å². The fourth-order valence-corrected chi connectivity index (χ4v) is 2.21. The first-order chi connectivity index (χ1) is 11.0. The summed E-state index contributed by atoms with van der Waals surface area (Å²) in [5.41, 5.74) is 2.47. The Morgan fingerprint density at radius 1 is 1.17 bits per heavy atom. The number of ether oxygens (including phenoxy) is 3. The highest BCUT2D eigenvalue weighted by molar-refractivity contribution is 5.64. The molecule has 0 radical (unpaired) electrons. The van der Waals surface area contributed by atoms with Crippen molar-refractivity contribution >= 4 is 6.16 Å². The van der Waals surface area contributed by atoms with Crippen LogP contribution in [0.5, 0.6) is 11.5 Å². The van der Waals surface area contributed by atoms with Crippen molar-refractivity contribution in [3.05, 3.63) is 58.9 Å². The SMILES string of the molecule is CCc1cccc(OC(=O)OC)c1COc1ccc(C)cc1F. The summed E-state index contributed by atoms with van der Waals surface area (Å²) in [5.74, 6) is 0.0867. The third-order valence-electron chi connectivity index (χ3n) is 3.43. The van der Waals surface area contributed by atoms with Gasteiger partial charge >= 0.3 is 6.16 Å². The molecule has 0 atom stereocenters. The number of carbonyl (C=O) groups is 1. The minimum Gasteiger partial charge on any atom is -0.486 e. The molecule has 0 saturated heterocycles. The number of aryl methyl sites for hydroxylation is 2. The molecule has 23 heavy (non-hydrogen) atoms. The Balaban J connectivity index is 2.24. The second-order valence-corrected chi connectivity index (χ2v) is 5.03. The predicted molar refractivity (Wildman–Crippen MR) is 84.3 cm³/mol. The second-order valence-electron chi connectivity index (χ2n) is 5.03. The molecule has 0 fully saturated rings. The predicted octanol–water partition coefficient (Wildman–Crippen LogP) is 4.42. The lowest BCUT2D eigenvalue weighted by Crippen LogP contribution is -2.11. The Hall–Kier alpha value is -2.56. The van der Waals surface area contributed by atoms with Crippen LogP contribution in [0.1, 0.15) is 23.6 Å². The van der Waals surface area contributed by atoms with Crippen molar-refractivity contribution in [2.24, 2.45) is 0 Å². The molecule has 2 rings (SSSR count). The molecule has 4 nitrogen and oxygen atoms in total. The maximum atomic E-state index is 13.9. The van der Waals surface area contributed by atoms with Gasteiger partial charge in [-0.1, -0.05) is 25.1 Å². The minimum atomic E-state index is -0.805. The number of halogens is 1. The summed E-state index contributed by atoms with van der Waals surface area (Å²) in [5, 5.41) is 0. The Morgan fingerprint density at radius 2 is 1.96 bits per heavy atom. The summed E-state index contributed by atoms with van der Waals surface area (Å²) in [7, 11) is 1.24. The average molecular weight is 318 g/mol. The quantitative estimate of drug-likeness (QED) is 0.604. The standard InChI is InChI=1S/C18H19FO4/c1-4-13-6-5-7-16(23-18(20)21-3)14(13)11-22-17-9-8-12(2)10-15(17)19/h5-10H,4,11H2,1-3H3. The Kier molecular flexibility index (Phi) is 5.57. The zero-order valence-corrected chi connectivity index (χ0v) is 13.4. The average Bonchev–Trinajstić information content (AvgIpc) is 2.54. The molecule has 122 valence electrons. The molecule has 0 aliphatic rings. The molecule has 0 amide bonds. The van der Waals surface area contributed by atoms with Crippen molar-refractivity contribution in [3.63, 3.8) is 0 Å². The monoisotopic (exact) mass is 318 g/mol. The van der Waals surface area contributed by atoms with E-state index >= 15 is 0 Å². The van der Waals surface area contributed by atoms with Crippen LogP contribution in [-0.4, -0.2) is 13.3 Å². The van der Waals surface area contributed by atoms with Crippen LogP contribution in [-0.2, 0) is 17.8 Å². The van der Waals surface area contributed by atoms with Gasteiger partial charge in [0.05, 0.1) is 7.11 Å². The van der Waals surface area contributed by atoms with Gasteiger partial charge in [-0.2, -0.15) is 0 Å². The highest BCUT2D eigenvalue weighted by atomic mass is 19.1. The summed E-state index contributed by atoms with van der Waals surface area (Å²) in [6.45, 7) is 3.88. The van der Waals surface area contributed by atoms with Crippen LogP contribution in [0.25, 0.3) is 0 Å². The highest BCUT2D eigenvalue weighted by Gasteiger charge is 2.14. The van der Waals surface area contributed by atoms with Crippen LogP contribution in [0.3, 0.4) is 0 Å². The maximum Gasteiger partial charge on any atom is 0.513 e. The Bertz CT molecular complexity index is 697. The molecule has 2 aromatic carbocycles. The van der Waals surface area contributed by atoms with Gasteiger partial charge < -0.3 is 14.2 Å². The van der Waals surface area contributed by atoms with E-state index in [1.807, 2.05) is 19.9 Å². The molecule has 0 N–H and O–H groups in total. The fourth-order valence-electron chi connectivity index (χ4n) is 2.21. The molecular weight excluding hydrogens is 299 g/mol. The van der Waals surface area contributed by atoms with E-state index in [9.17, 15) is 9.18 Å². The van der Waals surface area contributed by atoms with Gasteiger partial charge in [-0.25, -0.2) is 9.18 Å². The van der Waals surface area contributed by atoms with E-state index in [2.05, 4.69) is 4.74 Å². The van der Waals surface area contributed by atoms with E-state index in [0.29, 0.717) is 11.3 Å². The summed E-state index contributed by atoms with van der Waals surface area (Å²) < 4.78 is 29.1. The van der Waals surface area contributed by atoms with Crippen molar-refractivity contribution in [3.8, 4) is 11.5 Å². The second kappa shape index (κ2) is 7.63. The van der Waals surface area contributed by atoms with Crippen LogP contribution in [0.2, 0.25) is 0 Å². The number of methoxy groups -OCH3 is 1. The normalized spacial score (nSPS) is 10.3. The third-order valence-corrected chi connectivity index (χ3v) is 3.43. The number of hydrogen-bond acceptors (Lipinski definition) is 4. The summed E-state index contributed by atoms with van der Waals surface area (Å²) in [4.78, 5) is 11.4. The molecule has 5 heteroatoms. The lowest BCUT2D eigenvalue weighted by Gasteiger charge is -2.15. The highest BCUT2D eigenvalue weighted by Crippen LogP contribution is 2.26. The number of rotatable bonds is 5. The molecule has 0 aliphatic carbocycles. The molecule has 0 bridgehead atoms. The molecule has 2 aromatic rings. The number of benzene rings is 2.